The number of pyridine rings is 1. The third-order valence-electron chi connectivity index (χ3n) is 2.20. The lowest BCUT2D eigenvalue weighted by Gasteiger charge is -2.12. The third-order valence-corrected chi connectivity index (χ3v) is 2.20. The van der Waals surface area contributed by atoms with E-state index >= 15 is 0 Å². The molecule has 16 heavy (non-hydrogen) atoms. The van der Waals surface area contributed by atoms with Crippen LogP contribution in [0.2, 0.25) is 0 Å². The lowest BCUT2D eigenvalue weighted by atomic mass is 10.4. The molecule has 4 nitrogen and oxygen atoms in total. The third kappa shape index (κ3) is 2.78. The molecule has 2 rings (SSSR count). The number of methoxy groups -OCH3 is 1. The second-order valence-corrected chi connectivity index (χ2v) is 4.16. The van der Waals surface area contributed by atoms with Crippen LogP contribution < -0.4 is 14.2 Å². The van der Waals surface area contributed by atoms with Crippen LogP contribution in [0.3, 0.4) is 0 Å². The van der Waals surface area contributed by atoms with Gasteiger partial charge in [0.15, 0.2) is 11.5 Å². The van der Waals surface area contributed by atoms with E-state index in [-0.39, 0.29) is 6.10 Å². The summed E-state index contributed by atoms with van der Waals surface area (Å²) in [5.41, 5.74) is 0. The minimum absolute atomic E-state index is 0.104. The van der Waals surface area contributed by atoms with Crippen LogP contribution in [-0.2, 0) is 0 Å². The molecule has 1 saturated carbocycles. The first-order chi connectivity index (χ1) is 7.69. The maximum absolute atomic E-state index is 5.66. The molecule has 0 radical (unpaired) electrons. The van der Waals surface area contributed by atoms with Gasteiger partial charge in [-0.05, 0) is 26.7 Å². The number of aromatic nitrogens is 1. The van der Waals surface area contributed by atoms with E-state index in [0.29, 0.717) is 23.5 Å². The summed E-state index contributed by atoms with van der Waals surface area (Å²) in [7, 11) is 1.62. The predicted molar refractivity (Wildman–Crippen MR) is 60.2 cm³/mol. The largest absolute Gasteiger partial charge is 0.493 e. The van der Waals surface area contributed by atoms with Crippen LogP contribution in [-0.4, -0.2) is 24.3 Å². The van der Waals surface area contributed by atoms with Crippen LogP contribution in [0.1, 0.15) is 26.7 Å². The van der Waals surface area contributed by atoms with Crippen LogP contribution >= 0.6 is 0 Å². The molecule has 0 aromatic carbocycles. The first kappa shape index (κ1) is 11.0. The minimum atomic E-state index is 0.104. The molecular weight excluding hydrogens is 206 g/mol. The molecule has 0 unspecified atom stereocenters. The van der Waals surface area contributed by atoms with Crippen molar-refractivity contribution in [1.29, 1.82) is 0 Å². The van der Waals surface area contributed by atoms with Gasteiger partial charge in [0.25, 0.3) is 0 Å². The van der Waals surface area contributed by atoms with Gasteiger partial charge in [-0.2, -0.15) is 0 Å². The highest BCUT2D eigenvalue weighted by Gasteiger charge is 2.25. The Hall–Kier alpha value is -1.45. The summed E-state index contributed by atoms with van der Waals surface area (Å²) in [5, 5.41) is 0. The van der Waals surface area contributed by atoms with Crippen molar-refractivity contribution in [2.24, 2.45) is 0 Å². The average molecular weight is 223 g/mol. The number of ether oxygens (including phenoxy) is 3. The molecule has 0 aliphatic heterocycles. The molecule has 0 bridgehead atoms. The second kappa shape index (κ2) is 4.60. The SMILES string of the molecule is COc1cc(OC(C)C)ncc1OC1CC1. The first-order valence-corrected chi connectivity index (χ1v) is 5.56. The second-order valence-electron chi connectivity index (χ2n) is 4.16. The van der Waals surface area contributed by atoms with Crippen LogP contribution in [0.25, 0.3) is 0 Å². The van der Waals surface area contributed by atoms with Crippen molar-refractivity contribution in [2.75, 3.05) is 7.11 Å². The summed E-state index contributed by atoms with van der Waals surface area (Å²) in [5.74, 6) is 1.94. The van der Waals surface area contributed by atoms with Crippen molar-refractivity contribution in [1.82, 2.24) is 4.98 Å². The molecule has 0 saturated heterocycles. The molecule has 1 heterocycles. The quantitative estimate of drug-likeness (QED) is 0.768. The van der Waals surface area contributed by atoms with Crippen molar-refractivity contribution in [2.45, 2.75) is 38.9 Å². The van der Waals surface area contributed by atoms with Gasteiger partial charge in [0, 0.05) is 6.07 Å². The van der Waals surface area contributed by atoms with Gasteiger partial charge in [0.2, 0.25) is 5.88 Å². The molecule has 1 aliphatic rings. The van der Waals surface area contributed by atoms with E-state index in [2.05, 4.69) is 4.98 Å². The van der Waals surface area contributed by atoms with E-state index in [4.69, 9.17) is 14.2 Å². The molecule has 0 amide bonds. The summed E-state index contributed by atoms with van der Waals surface area (Å²) < 4.78 is 16.4. The van der Waals surface area contributed by atoms with Crippen molar-refractivity contribution < 1.29 is 14.2 Å². The normalized spacial score (nSPS) is 15.0. The topological polar surface area (TPSA) is 40.6 Å². The highest BCUT2D eigenvalue weighted by atomic mass is 16.5. The van der Waals surface area contributed by atoms with E-state index in [1.54, 1.807) is 19.4 Å². The van der Waals surface area contributed by atoms with Crippen molar-refractivity contribution >= 4 is 0 Å². The van der Waals surface area contributed by atoms with Gasteiger partial charge < -0.3 is 14.2 Å². The first-order valence-electron chi connectivity index (χ1n) is 5.56. The smallest absolute Gasteiger partial charge is 0.217 e. The fraction of sp³-hybridized carbons (Fsp3) is 0.583. The molecule has 0 atom stereocenters. The van der Waals surface area contributed by atoms with Crippen LogP contribution in [0.15, 0.2) is 12.3 Å². The van der Waals surface area contributed by atoms with E-state index in [1.165, 1.54) is 0 Å². The van der Waals surface area contributed by atoms with Crippen LogP contribution in [0.4, 0.5) is 0 Å². The fourth-order valence-electron chi connectivity index (χ4n) is 1.33. The van der Waals surface area contributed by atoms with Crippen LogP contribution in [0, 0.1) is 0 Å². The highest BCUT2D eigenvalue weighted by Crippen LogP contribution is 2.34. The van der Waals surface area contributed by atoms with Crippen molar-refractivity contribution in [3.63, 3.8) is 0 Å². The van der Waals surface area contributed by atoms with Gasteiger partial charge in [-0.1, -0.05) is 0 Å². The molecular formula is C12H17NO3. The monoisotopic (exact) mass is 223 g/mol. The zero-order valence-electron chi connectivity index (χ0n) is 9.90. The van der Waals surface area contributed by atoms with E-state index in [9.17, 15) is 0 Å². The predicted octanol–water partition coefficient (Wildman–Crippen LogP) is 2.42. The summed E-state index contributed by atoms with van der Waals surface area (Å²) in [6, 6.07) is 1.76. The summed E-state index contributed by atoms with van der Waals surface area (Å²) in [6.07, 6.45) is 4.34. The van der Waals surface area contributed by atoms with Crippen LogP contribution in [0.5, 0.6) is 17.4 Å². The zero-order chi connectivity index (χ0) is 11.5. The lowest BCUT2D eigenvalue weighted by molar-refractivity contribution is 0.228. The lowest BCUT2D eigenvalue weighted by Crippen LogP contribution is -2.07. The van der Waals surface area contributed by atoms with Gasteiger partial charge in [0.1, 0.15) is 0 Å². The summed E-state index contributed by atoms with van der Waals surface area (Å²) in [4.78, 5) is 4.18. The minimum Gasteiger partial charge on any atom is -0.493 e. The maximum atomic E-state index is 5.66. The van der Waals surface area contributed by atoms with E-state index in [1.807, 2.05) is 13.8 Å². The van der Waals surface area contributed by atoms with E-state index < -0.39 is 0 Å². The summed E-state index contributed by atoms with van der Waals surface area (Å²) in [6.45, 7) is 3.92. The molecule has 1 aromatic heterocycles. The number of nitrogens with zero attached hydrogens (tertiary/aromatic N) is 1. The Balaban J connectivity index is 2.12. The molecule has 1 aromatic rings. The molecule has 4 heteroatoms. The summed E-state index contributed by atoms with van der Waals surface area (Å²) >= 11 is 0. The Morgan fingerprint density at radius 1 is 1.31 bits per heavy atom. The average Bonchev–Trinajstić information content (AvgIpc) is 3.03. The van der Waals surface area contributed by atoms with E-state index in [0.717, 1.165) is 12.8 Å². The van der Waals surface area contributed by atoms with Gasteiger partial charge >= 0.3 is 0 Å². The standard InChI is InChI=1S/C12H17NO3/c1-8(2)15-12-6-10(14-3)11(7-13-12)16-9-4-5-9/h6-9H,4-5H2,1-3H3. The molecule has 88 valence electrons. The molecule has 1 fully saturated rings. The zero-order valence-corrected chi connectivity index (χ0v) is 9.90. The van der Waals surface area contributed by atoms with Crippen molar-refractivity contribution in [3.05, 3.63) is 12.3 Å². The maximum Gasteiger partial charge on any atom is 0.217 e. The van der Waals surface area contributed by atoms with Gasteiger partial charge in [0.05, 0.1) is 25.5 Å². The Morgan fingerprint density at radius 3 is 2.62 bits per heavy atom. The van der Waals surface area contributed by atoms with Gasteiger partial charge in [-0.25, -0.2) is 4.98 Å². The Labute approximate surface area is 95.5 Å². The molecule has 1 aliphatic carbocycles. The Morgan fingerprint density at radius 2 is 2.06 bits per heavy atom. The Bertz CT molecular complexity index is 361. The number of hydrogen-bond acceptors (Lipinski definition) is 4. The Kier molecular flexibility index (Phi) is 3.17. The molecule has 0 spiro atoms. The van der Waals surface area contributed by atoms with Gasteiger partial charge in [-0.15, -0.1) is 0 Å². The van der Waals surface area contributed by atoms with Crippen molar-refractivity contribution in [3.8, 4) is 17.4 Å². The van der Waals surface area contributed by atoms with Gasteiger partial charge in [-0.3, -0.25) is 0 Å². The molecule has 0 N–H and O–H groups in total. The highest BCUT2D eigenvalue weighted by molar-refractivity contribution is 5.41. The fourth-order valence-corrected chi connectivity index (χ4v) is 1.33. The number of rotatable bonds is 5. The number of hydrogen-bond donors (Lipinski definition) is 0.